The van der Waals surface area contributed by atoms with Crippen LogP contribution in [0.15, 0.2) is 41.6 Å². The maximum Gasteiger partial charge on any atom is 0.293 e. The number of hydrogen-bond acceptors (Lipinski definition) is 6. The lowest BCUT2D eigenvalue weighted by Gasteiger charge is -2.09. The van der Waals surface area contributed by atoms with Crippen molar-refractivity contribution < 1.29 is 14.1 Å². The van der Waals surface area contributed by atoms with Crippen LogP contribution in [0.1, 0.15) is 22.5 Å². The van der Waals surface area contributed by atoms with Crippen LogP contribution in [-0.4, -0.2) is 31.8 Å². The number of benzene rings is 2. The highest BCUT2D eigenvalue weighted by Gasteiger charge is 2.19. The minimum absolute atomic E-state index is 0.0105. The van der Waals surface area contributed by atoms with E-state index in [1.165, 1.54) is 18.2 Å². The van der Waals surface area contributed by atoms with Crippen molar-refractivity contribution in [3.63, 3.8) is 0 Å². The molecule has 0 unspecified atom stereocenters. The van der Waals surface area contributed by atoms with Gasteiger partial charge in [0, 0.05) is 6.07 Å². The normalized spacial score (nSPS) is 11.0. The molecular weight excluding hydrogens is 409 g/mol. The van der Waals surface area contributed by atoms with Gasteiger partial charge >= 0.3 is 0 Å². The highest BCUT2D eigenvalue weighted by Crippen LogP contribution is 2.29. The van der Waals surface area contributed by atoms with Crippen molar-refractivity contribution in [2.75, 3.05) is 11.1 Å². The molecule has 0 aliphatic heterocycles. The smallest absolute Gasteiger partial charge is 0.293 e. The van der Waals surface area contributed by atoms with E-state index in [1.807, 2.05) is 0 Å². The van der Waals surface area contributed by atoms with Crippen molar-refractivity contribution in [1.29, 1.82) is 0 Å². The Hall–Kier alpha value is -3.53. The van der Waals surface area contributed by atoms with Crippen LogP contribution in [0.3, 0.4) is 0 Å². The van der Waals surface area contributed by atoms with Gasteiger partial charge in [0.05, 0.1) is 10.7 Å². The number of nitro benzene ring substituents is 1. The van der Waals surface area contributed by atoms with Gasteiger partial charge in [0.1, 0.15) is 17.3 Å². The lowest BCUT2D eigenvalue weighted by molar-refractivity contribution is -0.384. The van der Waals surface area contributed by atoms with E-state index in [-0.39, 0.29) is 22.9 Å². The molecule has 0 saturated carbocycles. The fourth-order valence-corrected chi connectivity index (χ4v) is 3.31. The van der Waals surface area contributed by atoms with Gasteiger partial charge in [-0.3, -0.25) is 20.0 Å². The van der Waals surface area contributed by atoms with E-state index in [9.17, 15) is 19.3 Å². The number of amides is 1. The Morgan fingerprint density at radius 2 is 2.00 bits per heavy atom. The van der Waals surface area contributed by atoms with Crippen molar-refractivity contribution in [3.05, 3.63) is 74.8 Å². The van der Waals surface area contributed by atoms with Crippen molar-refractivity contribution in [1.82, 2.24) is 15.2 Å². The maximum absolute atomic E-state index is 12.9. The largest absolute Gasteiger partial charge is 0.319 e. The molecule has 0 saturated heterocycles. The zero-order valence-electron chi connectivity index (χ0n) is 16.2. The number of H-pyrrole nitrogens is 1. The predicted molar refractivity (Wildman–Crippen MR) is 114 cm³/mol. The van der Waals surface area contributed by atoms with Crippen molar-refractivity contribution in [3.8, 4) is 0 Å². The Kier molecular flexibility index (Phi) is 6.58. The zero-order valence-corrected chi connectivity index (χ0v) is 17.0. The second-order valence-electron chi connectivity index (χ2n) is 6.46. The molecule has 154 valence electrons. The van der Waals surface area contributed by atoms with Crippen LogP contribution in [-0.2, 0) is 4.79 Å². The van der Waals surface area contributed by atoms with Crippen LogP contribution in [0, 0.1) is 29.8 Å². The minimum atomic E-state index is -0.516. The first-order chi connectivity index (χ1) is 14.3. The van der Waals surface area contributed by atoms with Gasteiger partial charge in [0.2, 0.25) is 11.1 Å². The van der Waals surface area contributed by atoms with Gasteiger partial charge in [-0.1, -0.05) is 36.0 Å². The van der Waals surface area contributed by atoms with Gasteiger partial charge < -0.3 is 5.32 Å². The number of thioether (sulfide) groups is 1. The van der Waals surface area contributed by atoms with Crippen LogP contribution in [0.25, 0.3) is 12.2 Å². The average molecular weight is 427 g/mol. The highest BCUT2D eigenvalue weighted by molar-refractivity contribution is 7.99. The molecule has 0 aliphatic rings. The molecule has 0 atom stereocenters. The third-order valence-electron chi connectivity index (χ3n) is 4.04. The molecule has 30 heavy (non-hydrogen) atoms. The van der Waals surface area contributed by atoms with E-state index < -0.39 is 10.8 Å². The third-order valence-corrected chi connectivity index (χ3v) is 4.89. The number of aromatic nitrogens is 3. The number of hydrogen-bond donors (Lipinski definition) is 2. The Bertz CT molecular complexity index is 1110. The fourth-order valence-electron chi connectivity index (χ4n) is 2.70. The molecule has 0 aliphatic carbocycles. The monoisotopic (exact) mass is 427 g/mol. The van der Waals surface area contributed by atoms with E-state index in [1.54, 1.807) is 44.2 Å². The SMILES string of the molecule is Cc1cc(C)c(NC(=O)CSc2n[nH]c(/C=C/c3ccc(F)cc3)n2)c([N+](=O)[O-])c1. The number of anilines is 1. The molecule has 3 rings (SSSR count). The van der Waals surface area contributed by atoms with Crippen LogP contribution in [0.5, 0.6) is 0 Å². The summed E-state index contributed by atoms with van der Waals surface area (Å²) in [6, 6.07) is 9.18. The molecule has 0 radical (unpaired) electrons. The fraction of sp³-hybridized carbons (Fsp3) is 0.150. The first-order valence-electron chi connectivity index (χ1n) is 8.86. The van der Waals surface area contributed by atoms with E-state index in [4.69, 9.17) is 0 Å². The van der Waals surface area contributed by atoms with E-state index in [0.717, 1.165) is 22.9 Å². The molecule has 1 heterocycles. The summed E-state index contributed by atoms with van der Waals surface area (Å²) in [4.78, 5) is 27.3. The Labute approximate surface area is 175 Å². The molecule has 0 fully saturated rings. The number of carbonyl (C=O) groups excluding carboxylic acids is 1. The summed E-state index contributed by atoms with van der Waals surface area (Å²) < 4.78 is 12.9. The molecule has 0 spiro atoms. The Morgan fingerprint density at radius 3 is 2.70 bits per heavy atom. The summed E-state index contributed by atoms with van der Waals surface area (Å²) in [6.07, 6.45) is 3.43. The summed E-state index contributed by atoms with van der Waals surface area (Å²) in [5.74, 6) is -0.242. The number of nitro groups is 1. The van der Waals surface area contributed by atoms with Crippen LogP contribution < -0.4 is 5.32 Å². The molecule has 1 aromatic heterocycles. The summed E-state index contributed by atoms with van der Waals surface area (Å²) in [6.45, 7) is 3.46. The van der Waals surface area contributed by atoms with Gasteiger partial charge in [-0.2, -0.15) is 0 Å². The zero-order chi connectivity index (χ0) is 21.7. The maximum atomic E-state index is 12.9. The van der Waals surface area contributed by atoms with Crippen LogP contribution in [0.4, 0.5) is 15.8 Å². The number of nitrogens with one attached hydrogen (secondary N) is 2. The van der Waals surface area contributed by atoms with Crippen molar-refractivity contribution >= 4 is 41.2 Å². The Morgan fingerprint density at radius 1 is 1.27 bits per heavy atom. The number of aryl methyl sites for hydroxylation is 2. The summed E-state index contributed by atoms with van der Waals surface area (Å²) in [7, 11) is 0. The summed E-state index contributed by atoms with van der Waals surface area (Å²) in [5, 5.41) is 21.0. The second-order valence-corrected chi connectivity index (χ2v) is 7.40. The molecule has 0 bridgehead atoms. The van der Waals surface area contributed by atoms with Crippen LogP contribution >= 0.6 is 11.8 Å². The highest BCUT2D eigenvalue weighted by atomic mass is 32.2. The van der Waals surface area contributed by atoms with Gasteiger partial charge in [-0.25, -0.2) is 9.37 Å². The van der Waals surface area contributed by atoms with Crippen molar-refractivity contribution in [2.45, 2.75) is 19.0 Å². The predicted octanol–water partition coefficient (Wildman–Crippen LogP) is 4.37. The minimum Gasteiger partial charge on any atom is -0.319 e. The number of halogens is 1. The molecule has 3 aromatic rings. The van der Waals surface area contributed by atoms with Gasteiger partial charge in [-0.15, -0.1) is 5.10 Å². The summed E-state index contributed by atoms with van der Waals surface area (Å²) >= 11 is 1.10. The van der Waals surface area contributed by atoms with Crippen LogP contribution in [0.2, 0.25) is 0 Å². The van der Waals surface area contributed by atoms with Gasteiger partial charge in [-0.05, 0) is 48.7 Å². The van der Waals surface area contributed by atoms with Gasteiger partial charge in [0.25, 0.3) is 5.69 Å². The molecule has 10 heteroatoms. The van der Waals surface area contributed by atoms with E-state index in [0.29, 0.717) is 16.5 Å². The first-order valence-corrected chi connectivity index (χ1v) is 9.84. The third kappa shape index (κ3) is 5.51. The first kappa shape index (κ1) is 21.2. The topological polar surface area (TPSA) is 114 Å². The lowest BCUT2D eigenvalue weighted by Crippen LogP contribution is -2.16. The molecular formula is C20H18FN5O3S. The Balaban J connectivity index is 1.60. The van der Waals surface area contributed by atoms with E-state index in [2.05, 4.69) is 20.5 Å². The quantitative estimate of drug-likeness (QED) is 0.329. The number of aromatic amines is 1. The summed E-state index contributed by atoms with van der Waals surface area (Å²) in [5.41, 5.74) is 2.21. The van der Waals surface area contributed by atoms with E-state index >= 15 is 0 Å². The standard InChI is InChI=1S/C20H18FN5O3S/c1-12-9-13(2)19(16(10-12)26(28)29)23-18(27)11-30-20-22-17(24-25-20)8-5-14-3-6-15(21)7-4-14/h3-10H,11H2,1-2H3,(H,23,27)(H,22,24,25)/b8-5+. The second kappa shape index (κ2) is 9.31. The lowest BCUT2D eigenvalue weighted by atomic mass is 10.1. The average Bonchev–Trinajstić information content (AvgIpc) is 3.15. The number of nitrogens with zero attached hydrogens (tertiary/aromatic N) is 3. The molecule has 2 N–H and O–H groups in total. The van der Waals surface area contributed by atoms with Crippen molar-refractivity contribution in [2.24, 2.45) is 0 Å². The number of carbonyl (C=O) groups is 1. The number of rotatable bonds is 7. The van der Waals surface area contributed by atoms with Gasteiger partial charge in [0.15, 0.2) is 0 Å². The molecule has 1 amide bonds. The molecule has 8 nitrogen and oxygen atoms in total. The molecule has 2 aromatic carbocycles.